The first-order chi connectivity index (χ1) is 8.15. The van der Waals surface area contributed by atoms with Gasteiger partial charge in [-0.3, -0.25) is 0 Å². The minimum atomic E-state index is -0.229. The summed E-state index contributed by atoms with van der Waals surface area (Å²) in [6.45, 7) is 0.545. The van der Waals surface area contributed by atoms with Gasteiger partial charge in [-0.05, 0) is 35.9 Å². The quantitative estimate of drug-likeness (QED) is 0.846. The number of anilines is 2. The van der Waals surface area contributed by atoms with E-state index in [0.29, 0.717) is 12.2 Å². The highest BCUT2D eigenvalue weighted by molar-refractivity contribution is 9.10. The van der Waals surface area contributed by atoms with Gasteiger partial charge in [0.05, 0.1) is 11.4 Å². The molecule has 0 amide bonds. The van der Waals surface area contributed by atoms with Crippen LogP contribution in [0.5, 0.6) is 0 Å². The maximum Gasteiger partial charge on any atom is 0.123 e. The lowest BCUT2D eigenvalue weighted by Crippen LogP contribution is -2.02. The van der Waals surface area contributed by atoms with Gasteiger partial charge in [0, 0.05) is 11.0 Å². The second-order valence-corrected chi connectivity index (χ2v) is 4.63. The Balaban J connectivity index is 2.07. The molecular formula is C13H12BrFN2. The van der Waals surface area contributed by atoms with Gasteiger partial charge in [-0.25, -0.2) is 4.39 Å². The van der Waals surface area contributed by atoms with Crippen LogP contribution in [0.1, 0.15) is 5.56 Å². The lowest BCUT2D eigenvalue weighted by atomic mass is 10.2. The molecule has 2 rings (SSSR count). The number of nitrogens with one attached hydrogen (secondary N) is 1. The number of nitrogens with two attached hydrogens (primary N) is 1. The molecule has 17 heavy (non-hydrogen) atoms. The molecular weight excluding hydrogens is 283 g/mol. The van der Waals surface area contributed by atoms with Crippen molar-refractivity contribution < 1.29 is 4.39 Å². The number of halogens is 2. The fraction of sp³-hybridized carbons (Fsp3) is 0.0769. The van der Waals surface area contributed by atoms with Crippen LogP contribution in [0, 0.1) is 5.82 Å². The molecule has 0 aromatic heterocycles. The predicted molar refractivity (Wildman–Crippen MR) is 72.3 cm³/mol. The minimum Gasteiger partial charge on any atom is -0.397 e. The van der Waals surface area contributed by atoms with E-state index in [9.17, 15) is 4.39 Å². The van der Waals surface area contributed by atoms with Crippen LogP contribution in [-0.4, -0.2) is 0 Å². The number of rotatable bonds is 3. The van der Waals surface area contributed by atoms with Gasteiger partial charge in [0.15, 0.2) is 0 Å². The van der Waals surface area contributed by atoms with Crippen molar-refractivity contribution in [3.63, 3.8) is 0 Å². The van der Waals surface area contributed by atoms with Crippen molar-refractivity contribution in [2.75, 3.05) is 11.1 Å². The molecule has 2 aromatic carbocycles. The third-order valence-electron chi connectivity index (χ3n) is 2.39. The first-order valence-corrected chi connectivity index (χ1v) is 5.98. The molecule has 0 atom stereocenters. The summed E-state index contributed by atoms with van der Waals surface area (Å²) in [7, 11) is 0. The fourth-order valence-electron chi connectivity index (χ4n) is 1.54. The molecule has 0 radical (unpaired) electrons. The molecule has 0 heterocycles. The first kappa shape index (κ1) is 11.9. The van der Waals surface area contributed by atoms with Gasteiger partial charge in [0.25, 0.3) is 0 Å². The van der Waals surface area contributed by atoms with E-state index in [1.807, 2.05) is 24.3 Å². The van der Waals surface area contributed by atoms with E-state index in [2.05, 4.69) is 21.2 Å². The second-order valence-electron chi connectivity index (χ2n) is 3.72. The largest absolute Gasteiger partial charge is 0.397 e. The van der Waals surface area contributed by atoms with Gasteiger partial charge < -0.3 is 11.1 Å². The molecule has 2 nitrogen and oxygen atoms in total. The molecule has 0 saturated carbocycles. The van der Waals surface area contributed by atoms with Crippen LogP contribution in [0.15, 0.2) is 46.9 Å². The minimum absolute atomic E-state index is 0.229. The zero-order valence-corrected chi connectivity index (χ0v) is 10.7. The summed E-state index contributed by atoms with van der Waals surface area (Å²) < 4.78 is 13.9. The third-order valence-corrected chi connectivity index (χ3v) is 2.88. The Bertz CT molecular complexity index is 529. The van der Waals surface area contributed by atoms with Gasteiger partial charge in [0.1, 0.15) is 5.82 Å². The SMILES string of the molecule is Nc1cc(Br)ccc1NCc1cccc(F)c1. The Morgan fingerprint density at radius 2 is 2.00 bits per heavy atom. The molecule has 0 aliphatic rings. The van der Waals surface area contributed by atoms with Crippen LogP contribution < -0.4 is 11.1 Å². The van der Waals surface area contributed by atoms with Crippen LogP contribution in [0.4, 0.5) is 15.8 Å². The van der Waals surface area contributed by atoms with Crippen LogP contribution in [-0.2, 0) is 6.54 Å². The van der Waals surface area contributed by atoms with Crippen molar-refractivity contribution in [3.05, 3.63) is 58.3 Å². The van der Waals surface area contributed by atoms with Crippen molar-refractivity contribution in [2.24, 2.45) is 0 Å². The molecule has 0 unspecified atom stereocenters. The lowest BCUT2D eigenvalue weighted by Gasteiger charge is -2.09. The van der Waals surface area contributed by atoms with E-state index >= 15 is 0 Å². The van der Waals surface area contributed by atoms with Crippen LogP contribution in [0.25, 0.3) is 0 Å². The molecule has 0 aliphatic heterocycles. The average molecular weight is 295 g/mol. The van der Waals surface area contributed by atoms with Crippen LogP contribution >= 0.6 is 15.9 Å². The third kappa shape index (κ3) is 3.20. The van der Waals surface area contributed by atoms with Crippen LogP contribution in [0.2, 0.25) is 0 Å². The average Bonchev–Trinajstić information content (AvgIpc) is 2.28. The molecule has 88 valence electrons. The van der Waals surface area contributed by atoms with Gasteiger partial charge >= 0.3 is 0 Å². The number of nitrogen functional groups attached to an aromatic ring is 1. The van der Waals surface area contributed by atoms with Crippen molar-refractivity contribution in [1.82, 2.24) is 0 Å². The van der Waals surface area contributed by atoms with Crippen molar-refractivity contribution >= 4 is 27.3 Å². The highest BCUT2D eigenvalue weighted by Gasteiger charge is 2.00. The van der Waals surface area contributed by atoms with E-state index in [1.165, 1.54) is 12.1 Å². The van der Waals surface area contributed by atoms with Crippen molar-refractivity contribution in [1.29, 1.82) is 0 Å². The summed E-state index contributed by atoms with van der Waals surface area (Å²) in [6, 6.07) is 12.1. The maximum atomic E-state index is 13.0. The normalized spacial score (nSPS) is 10.2. The Kier molecular flexibility index (Phi) is 3.64. The van der Waals surface area contributed by atoms with E-state index in [0.717, 1.165) is 15.7 Å². The lowest BCUT2D eigenvalue weighted by molar-refractivity contribution is 0.626. The highest BCUT2D eigenvalue weighted by Crippen LogP contribution is 2.23. The Labute approximate surface area is 108 Å². The molecule has 4 heteroatoms. The molecule has 0 saturated heterocycles. The summed E-state index contributed by atoms with van der Waals surface area (Å²) in [4.78, 5) is 0. The number of hydrogen-bond acceptors (Lipinski definition) is 2. The fourth-order valence-corrected chi connectivity index (χ4v) is 1.92. The summed E-state index contributed by atoms with van der Waals surface area (Å²) in [5.41, 5.74) is 8.24. The van der Waals surface area contributed by atoms with Gasteiger partial charge in [0.2, 0.25) is 0 Å². The van der Waals surface area contributed by atoms with Crippen molar-refractivity contribution in [3.8, 4) is 0 Å². The topological polar surface area (TPSA) is 38.0 Å². The standard InChI is InChI=1S/C13H12BrFN2/c14-10-4-5-13(12(16)7-10)17-8-9-2-1-3-11(15)6-9/h1-7,17H,8,16H2. The van der Waals surface area contributed by atoms with E-state index in [4.69, 9.17) is 5.73 Å². The molecule has 3 N–H and O–H groups in total. The Hall–Kier alpha value is -1.55. The maximum absolute atomic E-state index is 13.0. The van der Waals surface area contributed by atoms with Gasteiger partial charge in [-0.2, -0.15) is 0 Å². The zero-order chi connectivity index (χ0) is 12.3. The van der Waals surface area contributed by atoms with E-state index < -0.39 is 0 Å². The first-order valence-electron chi connectivity index (χ1n) is 5.18. The van der Waals surface area contributed by atoms with Crippen molar-refractivity contribution in [2.45, 2.75) is 6.54 Å². The predicted octanol–water partition coefficient (Wildman–Crippen LogP) is 3.78. The summed E-state index contributed by atoms with van der Waals surface area (Å²) in [5, 5.41) is 3.17. The molecule has 0 aliphatic carbocycles. The van der Waals surface area contributed by atoms with Gasteiger partial charge in [-0.15, -0.1) is 0 Å². The molecule has 2 aromatic rings. The summed E-state index contributed by atoms with van der Waals surface area (Å²) >= 11 is 3.34. The highest BCUT2D eigenvalue weighted by atomic mass is 79.9. The smallest absolute Gasteiger partial charge is 0.123 e. The summed E-state index contributed by atoms with van der Waals surface area (Å²) in [5.74, 6) is -0.229. The number of hydrogen-bond donors (Lipinski definition) is 2. The van der Waals surface area contributed by atoms with Gasteiger partial charge in [-0.1, -0.05) is 28.1 Å². The van der Waals surface area contributed by atoms with Crippen LogP contribution in [0.3, 0.4) is 0 Å². The van der Waals surface area contributed by atoms with E-state index in [1.54, 1.807) is 6.07 Å². The Morgan fingerprint density at radius 3 is 2.71 bits per heavy atom. The monoisotopic (exact) mass is 294 g/mol. The number of benzene rings is 2. The second kappa shape index (κ2) is 5.19. The molecule has 0 bridgehead atoms. The molecule has 0 spiro atoms. The zero-order valence-electron chi connectivity index (χ0n) is 9.08. The summed E-state index contributed by atoms with van der Waals surface area (Å²) in [6.07, 6.45) is 0. The van der Waals surface area contributed by atoms with E-state index in [-0.39, 0.29) is 5.82 Å². The molecule has 0 fully saturated rings. The Morgan fingerprint density at radius 1 is 1.18 bits per heavy atom.